The Balaban J connectivity index is 1.86. The van der Waals surface area contributed by atoms with Gasteiger partial charge in [0.1, 0.15) is 5.75 Å². The SMILES string of the molecule is COC(=O)C(C)[C@@H]1CCc2cc(Oc3ccc(C(F)(F)F)cc3OC(F)F)ccc21. The second kappa shape index (κ2) is 8.49. The van der Waals surface area contributed by atoms with Crippen LogP contribution in [0, 0.1) is 5.92 Å². The molecule has 0 saturated carbocycles. The molecule has 1 aliphatic rings. The van der Waals surface area contributed by atoms with Crippen molar-refractivity contribution < 1.29 is 41.0 Å². The number of aryl methyl sites for hydroxylation is 1. The number of methoxy groups -OCH3 is 1. The van der Waals surface area contributed by atoms with Crippen LogP contribution in [0.4, 0.5) is 22.0 Å². The second-order valence-electron chi connectivity index (χ2n) is 6.96. The summed E-state index contributed by atoms with van der Waals surface area (Å²) in [5.41, 5.74) is 0.743. The van der Waals surface area contributed by atoms with Crippen LogP contribution in [0.3, 0.4) is 0 Å². The molecule has 1 unspecified atom stereocenters. The standard InChI is InChI=1S/C21H19F5O4/c1-11(19(27)28-2)15-6-3-12-9-14(5-7-16(12)15)29-17-8-4-13(21(24,25)26)10-18(17)30-20(22)23/h4-5,7-11,15,20H,3,6H2,1-2H3/t11?,15-/m0/s1. The van der Waals surface area contributed by atoms with Gasteiger partial charge >= 0.3 is 18.8 Å². The summed E-state index contributed by atoms with van der Waals surface area (Å²) in [7, 11) is 1.33. The number of ether oxygens (including phenoxy) is 3. The molecule has 162 valence electrons. The lowest BCUT2D eigenvalue weighted by molar-refractivity contribution is -0.145. The fourth-order valence-electron chi connectivity index (χ4n) is 3.64. The highest BCUT2D eigenvalue weighted by Gasteiger charge is 2.33. The third-order valence-corrected chi connectivity index (χ3v) is 5.13. The smallest absolute Gasteiger partial charge is 0.416 e. The minimum Gasteiger partial charge on any atom is -0.469 e. The van der Waals surface area contributed by atoms with Crippen LogP contribution < -0.4 is 9.47 Å². The Hall–Kier alpha value is -2.84. The quantitative estimate of drug-likeness (QED) is 0.420. The molecule has 0 aromatic heterocycles. The lowest BCUT2D eigenvalue weighted by Gasteiger charge is -2.18. The molecular weight excluding hydrogens is 411 g/mol. The molecule has 0 heterocycles. The van der Waals surface area contributed by atoms with E-state index in [1.165, 1.54) is 7.11 Å². The molecule has 0 fully saturated rings. The number of rotatable bonds is 6. The van der Waals surface area contributed by atoms with Gasteiger partial charge in [0.2, 0.25) is 0 Å². The average Bonchev–Trinajstić information content (AvgIpc) is 3.10. The summed E-state index contributed by atoms with van der Waals surface area (Å²) in [5.74, 6) is -1.38. The van der Waals surface area contributed by atoms with E-state index in [1.807, 2.05) is 0 Å². The van der Waals surface area contributed by atoms with Gasteiger partial charge in [0.05, 0.1) is 18.6 Å². The summed E-state index contributed by atoms with van der Waals surface area (Å²) in [5, 5.41) is 0. The molecule has 0 radical (unpaired) electrons. The van der Waals surface area contributed by atoms with Gasteiger partial charge in [-0.25, -0.2) is 0 Å². The molecule has 0 spiro atoms. The third kappa shape index (κ3) is 4.66. The highest BCUT2D eigenvalue weighted by atomic mass is 19.4. The van der Waals surface area contributed by atoms with Crippen LogP contribution in [-0.4, -0.2) is 19.7 Å². The van der Waals surface area contributed by atoms with Crippen LogP contribution in [0.25, 0.3) is 0 Å². The molecule has 0 aliphatic heterocycles. The molecule has 2 aromatic carbocycles. The van der Waals surface area contributed by atoms with Crippen molar-refractivity contribution in [1.82, 2.24) is 0 Å². The topological polar surface area (TPSA) is 44.8 Å². The Morgan fingerprint density at radius 3 is 2.47 bits per heavy atom. The van der Waals surface area contributed by atoms with E-state index in [0.717, 1.165) is 29.7 Å². The number of halogens is 5. The van der Waals surface area contributed by atoms with Gasteiger partial charge in [-0.1, -0.05) is 13.0 Å². The average molecular weight is 430 g/mol. The first-order valence-electron chi connectivity index (χ1n) is 9.14. The molecule has 3 rings (SSSR count). The van der Waals surface area contributed by atoms with E-state index in [2.05, 4.69) is 4.74 Å². The van der Waals surface area contributed by atoms with Crippen LogP contribution in [0.1, 0.15) is 36.0 Å². The maximum absolute atomic E-state index is 12.9. The van der Waals surface area contributed by atoms with E-state index in [1.54, 1.807) is 25.1 Å². The maximum atomic E-state index is 12.9. The number of benzene rings is 2. The van der Waals surface area contributed by atoms with Gasteiger partial charge in [-0.3, -0.25) is 4.79 Å². The zero-order valence-electron chi connectivity index (χ0n) is 16.1. The van der Waals surface area contributed by atoms with E-state index in [4.69, 9.17) is 9.47 Å². The van der Waals surface area contributed by atoms with E-state index in [0.29, 0.717) is 12.5 Å². The van der Waals surface area contributed by atoms with Gasteiger partial charge in [-0.2, -0.15) is 22.0 Å². The van der Waals surface area contributed by atoms with Crippen LogP contribution in [0.2, 0.25) is 0 Å². The van der Waals surface area contributed by atoms with E-state index < -0.39 is 24.1 Å². The molecule has 0 amide bonds. The van der Waals surface area contributed by atoms with Gasteiger partial charge < -0.3 is 14.2 Å². The minimum atomic E-state index is -4.71. The van der Waals surface area contributed by atoms with Gasteiger partial charge in [0.25, 0.3) is 0 Å². The van der Waals surface area contributed by atoms with E-state index >= 15 is 0 Å². The summed E-state index contributed by atoms with van der Waals surface area (Å²) < 4.78 is 78.5. The molecular formula is C21H19F5O4. The molecule has 0 saturated heterocycles. The molecule has 0 N–H and O–H groups in total. The number of alkyl halides is 5. The van der Waals surface area contributed by atoms with Crippen molar-refractivity contribution in [2.45, 2.75) is 38.5 Å². The van der Waals surface area contributed by atoms with Crippen molar-refractivity contribution >= 4 is 5.97 Å². The molecule has 2 atom stereocenters. The Morgan fingerprint density at radius 1 is 1.10 bits per heavy atom. The third-order valence-electron chi connectivity index (χ3n) is 5.13. The molecule has 2 aromatic rings. The zero-order chi connectivity index (χ0) is 22.1. The first kappa shape index (κ1) is 21.9. The van der Waals surface area contributed by atoms with E-state index in [-0.39, 0.29) is 29.3 Å². The Labute approximate surface area is 169 Å². The summed E-state index contributed by atoms with van der Waals surface area (Å²) >= 11 is 0. The lowest BCUT2D eigenvalue weighted by Crippen LogP contribution is -2.19. The van der Waals surface area contributed by atoms with Crippen molar-refractivity contribution in [3.8, 4) is 17.2 Å². The Bertz CT molecular complexity index is 926. The number of hydrogen-bond donors (Lipinski definition) is 0. The van der Waals surface area contributed by atoms with Gasteiger partial charge in [0, 0.05) is 0 Å². The summed E-state index contributed by atoms with van der Waals surface area (Å²) in [4.78, 5) is 11.8. The zero-order valence-corrected chi connectivity index (χ0v) is 16.1. The Kier molecular flexibility index (Phi) is 6.19. The van der Waals surface area contributed by atoms with Crippen LogP contribution in [0.15, 0.2) is 36.4 Å². The maximum Gasteiger partial charge on any atom is 0.416 e. The minimum absolute atomic E-state index is 0.0229. The monoisotopic (exact) mass is 430 g/mol. The fourth-order valence-corrected chi connectivity index (χ4v) is 3.64. The summed E-state index contributed by atoms with van der Waals surface area (Å²) in [6.07, 6.45) is -3.31. The summed E-state index contributed by atoms with van der Waals surface area (Å²) in [6.45, 7) is -1.52. The van der Waals surface area contributed by atoms with Crippen molar-refractivity contribution in [1.29, 1.82) is 0 Å². The second-order valence-corrected chi connectivity index (χ2v) is 6.96. The summed E-state index contributed by atoms with van der Waals surface area (Å²) in [6, 6.07) is 7.17. The number of carbonyl (C=O) groups is 1. The van der Waals surface area contributed by atoms with Crippen molar-refractivity contribution in [2.75, 3.05) is 7.11 Å². The van der Waals surface area contributed by atoms with E-state index in [9.17, 15) is 26.7 Å². The van der Waals surface area contributed by atoms with Crippen LogP contribution in [-0.2, 0) is 22.1 Å². The van der Waals surface area contributed by atoms with Crippen molar-refractivity contribution in [3.63, 3.8) is 0 Å². The number of esters is 1. The highest BCUT2D eigenvalue weighted by Crippen LogP contribution is 2.42. The van der Waals surface area contributed by atoms with Gasteiger partial charge in [-0.05, 0) is 60.2 Å². The number of fused-ring (bicyclic) bond motifs is 1. The highest BCUT2D eigenvalue weighted by molar-refractivity contribution is 5.73. The lowest BCUT2D eigenvalue weighted by atomic mass is 9.89. The molecule has 0 bridgehead atoms. The van der Waals surface area contributed by atoms with Gasteiger partial charge in [-0.15, -0.1) is 0 Å². The van der Waals surface area contributed by atoms with Crippen molar-refractivity contribution in [2.24, 2.45) is 5.92 Å². The first-order chi connectivity index (χ1) is 14.1. The first-order valence-corrected chi connectivity index (χ1v) is 9.14. The molecule has 9 heteroatoms. The molecule has 4 nitrogen and oxygen atoms in total. The largest absolute Gasteiger partial charge is 0.469 e. The number of hydrogen-bond acceptors (Lipinski definition) is 4. The molecule has 1 aliphatic carbocycles. The van der Waals surface area contributed by atoms with Crippen LogP contribution >= 0.6 is 0 Å². The predicted octanol–water partition coefficient (Wildman–Crippen LogP) is 5.94. The fraction of sp³-hybridized carbons (Fsp3) is 0.381. The normalized spacial score (nSPS) is 16.9. The van der Waals surface area contributed by atoms with Gasteiger partial charge in [0.15, 0.2) is 11.5 Å². The number of carbonyl (C=O) groups excluding carboxylic acids is 1. The molecule has 30 heavy (non-hydrogen) atoms. The predicted molar refractivity (Wildman–Crippen MR) is 96.8 cm³/mol. The van der Waals surface area contributed by atoms with Crippen LogP contribution in [0.5, 0.6) is 17.2 Å². The van der Waals surface area contributed by atoms with Crippen molar-refractivity contribution in [3.05, 3.63) is 53.1 Å². The Morgan fingerprint density at radius 2 is 1.83 bits per heavy atom.